The van der Waals surface area contributed by atoms with E-state index >= 15 is 0 Å². The predicted octanol–water partition coefficient (Wildman–Crippen LogP) is 2.29. The summed E-state index contributed by atoms with van der Waals surface area (Å²) in [5.41, 5.74) is 1.16. The highest BCUT2D eigenvalue weighted by atomic mass is 32.1. The van der Waals surface area contributed by atoms with Gasteiger partial charge in [-0.1, -0.05) is 13.3 Å². The summed E-state index contributed by atoms with van der Waals surface area (Å²) in [5.74, 6) is 0.325. The molecule has 1 saturated heterocycles. The van der Waals surface area contributed by atoms with E-state index in [2.05, 4.69) is 22.2 Å². The van der Waals surface area contributed by atoms with Gasteiger partial charge in [0.25, 0.3) is 0 Å². The largest absolute Gasteiger partial charge is 0.340 e. The van der Waals surface area contributed by atoms with Gasteiger partial charge >= 0.3 is 0 Å². The van der Waals surface area contributed by atoms with Gasteiger partial charge < -0.3 is 4.90 Å². The number of nitrogens with zero attached hydrogens (tertiary/aromatic N) is 3. The number of hydrogen-bond donors (Lipinski definition) is 0. The number of piperazine rings is 1. The van der Waals surface area contributed by atoms with Crippen molar-refractivity contribution in [3.63, 3.8) is 0 Å². The normalized spacial score (nSPS) is 16.8. The zero-order valence-corrected chi connectivity index (χ0v) is 12.7. The molecule has 5 heteroatoms. The summed E-state index contributed by atoms with van der Waals surface area (Å²) in [6.07, 6.45) is 2.81. The molecule has 1 aliphatic rings. The van der Waals surface area contributed by atoms with Gasteiger partial charge in [-0.25, -0.2) is 4.98 Å². The minimum absolute atomic E-state index is 0.325. The van der Waals surface area contributed by atoms with Gasteiger partial charge in [-0.05, 0) is 13.3 Å². The zero-order chi connectivity index (χ0) is 13.7. The fourth-order valence-electron chi connectivity index (χ4n) is 2.35. The fourth-order valence-corrected chi connectivity index (χ4v) is 2.96. The summed E-state index contributed by atoms with van der Waals surface area (Å²) in [7, 11) is 0. The van der Waals surface area contributed by atoms with Crippen molar-refractivity contribution in [3.8, 4) is 0 Å². The number of thiazole rings is 1. The zero-order valence-electron chi connectivity index (χ0n) is 11.9. The smallest absolute Gasteiger partial charge is 0.222 e. The molecule has 0 N–H and O–H groups in total. The van der Waals surface area contributed by atoms with Gasteiger partial charge in [-0.2, -0.15) is 0 Å². The Labute approximate surface area is 119 Å². The predicted molar refractivity (Wildman–Crippen MR) is 78.2 cm³/mol. The Hall–Kier alpha value is -0.940. The molecule has 0 aromatic carbocycles. The molecule has 0 spiro atoms. The maximum Gasteiger partial charge on any atom is 0.222 e. The molecule has 106 valence electrons. The van der Waals surface area contributed by atoms with Crippen molar-refractivity contribution in [2.75, 3.05) is 26.2 Å². The number of aromatic nitrogens is 1. The van der Waals surface area contributed by atoms with E-state index in [4.69, 9.17) is 0 Å². The molecule has 4 nitrogen and oxygen atoms in total. The third-order valence-corrected chi connectivity index (χ3v) is 4.34. The first-order valence-electron chi connectivity index (χ1n) is 7.10. The lowest BCUT2D eigenvalue weighted by Crippen LogP contribution is -2.48. The highest BCUT2D eigenvalue weighted by molar-refractivity contribution is 7.09. The molecule has 0 bridgehead atoms. The monoisotopic (exact) mass is 281 g/mol. The molecule has 0 aliphatic carbocycles. The number of hydrogen-bond acceptors (Lipinski definition) is 4. The second-order valence-electron chi connectivity index (χ2n) is 5.12. The van der Waals surface area contributed by atoms with Crippen LogP contribution in [0.25, 0.3) is 0 Å². The van der Waals surface area contributed by atoms with Crippen LogP contribution in [0, 0.1) is 6.92 Å². The van der Waals surface area contributed by atoms with Gasteiger partial charge in [0, 0.05) is 44.5 Å². The first-order chi connectivity index (χ1) is 9.19. The topological polar surface area (TPSA) is 36.4 Å². The van der Waals surface area contributed by atoms with Gasteiger partial charge in [0.15, 0.2) is 0 Å². The van der Waals surface area contributed by atoms with Gasteiger partial charge in [0.2, 0.25) is 5.91 Å². The Morgan fingerprint density at radius 1 is 1.37 bits per heavy atom. The number of rotatable bonds is 5. The molecule has 0 unspecified atom stereocenters. The maximum absolute atomic E-state index is 11.9. The van der Waals surface area contributed by atoms with Crippen LogP contribution >= 0.6 is 11.3 Å². The number of aryl methyl sites for hydroxylation is 1. The molecule has 19 heavy (non-hydrogen) atoms. The lowest BCUT2D eigenvalue weighted by atomic mass is 10.2. The summed E-state index contributed by atoms with van der Waals surface area (Å²) in [6.45, 7) is 8.75. The molecule has 1 aromatic rings. The third kappa shape index (κ3) is 4.28. The van der Waals surface area contributed by atoms with Crippen LogP contribution in [-0.2, 0) is 11.3 Å². The summed E-state index contributed by atoms with van der Waals surface area (Å²) in [5, 5.41) is 3.26. The van der Waals surface area contributed by atoms with Crippen molar-refractivity contribution in [1.29, 1.82) is 0 Å². The lowest BCUT2D eigenvalue weighted by molar-refractivity contribution is -0.133. The number of amides is 1. The number of carbonyl (C=O) groups excluding carboxylic acids is 1. The van der Waals surface area contributed by atoms with Gasteiger partial charge in [-0.3, -0.25) is 9.69 Å². The Balaban J connectivity index is 1.74. The standard InChI is InChI=1S/C14H23N3OS/c1-3-4-5-14(18)17-8-6-16(7-9-17)10-13-11-19-12(2)15-13/h11H,3-10H2,1-2H3. The van der Waals surface area contributed by atoms with Crippen molar-refractivity contribution >= 4 is 17.2 Å². The maximum atomic E-state index is 11.9. The second-order valence-corrected chi connectivity index (χ2v) is 6.18. The van der Waals surface area contributed by atoms with Crippen molar-refractivity contribution < 1.29 is 4.79 Å². The molecule has 1 fully saturated rings. The van der Waals surface area contributed by atoms with E-state index in [9.17, 15) is 4.79 Å². The lowest BCUT2D eigenvalue weighted by Gasteiger charge is -2.34. The first-order valence-corrected chi connectivity index (χ1v) is 7.98. The van der Waals surface area contributed by atoms with E-state index < -0.39 is 0 Å². The SMILES string of the molecule is CCCCC(=O)N1CCN(Cc2csc(C)n2)CC1. The average molecular weight is 281 g/mol. The molecule has 2 heterocycles. The van der Waals surface area contributed by atoms with Crippen molar-refractivity contribution in [2.24, 2.45) is 0 Å². The van der Waals surface area contributed by atoms with Crippen LogP contribution in [0.15, 0.2) is 5.38 Å². The van der Waals surface area contributed by atoms with E-state index in [0.717, 1.165) is 56.3 Å². The number of carbonyl (C=O) groups is 1. The van der Waals surface area contributed by atoms with E-state index in [0.29, 0.717) is 12.3 Å². The molecule has 0 saturated carbocycles. The van der Waals surface area contributed by atoms with Gasteiger partial charge in [0.05, 0.1) is 10.7 Å². The Bertz CT molecular complexity index is 411. The Morgan fingerprint density at radius 3 is 2.68 bits per heavy atom. The molecule has 0 atom stereocenters. The summed E-state index contributed by atoms with van der Waals surface area (Å²) >= 11 is 1.71. The van der Waals surface area contributed by atoms with Crippen LogP contribution in [0.1, 0.15) is 36.9 Å². The molecule has 2 rings (SSSR count). The van der Waals surface area contributed by atoms with Crippen LogP contribution < -0.4 is 0 Å². The minimum Gasteiger partial charge on any atom is -0.340 e. The Kier molecular flexibility index (Phi) is 5.34. The minimum atomic E-state index is 0.325. The quantitative estimate of drug-likeness (QED) is 0.831. The van der Waals surface area contributed by atoms with Crippen LogP contribution in [0.2, 0.25) is 0 Å². The summed E-state index contributed by atoms with van der Waals surface area (Å²) < 4.78 is 0. The average Bonchev–Trinajstić information content (AvgIpc) is 2.82. The molecular formula is C14H23N3OS. The molecule has 1 aromatic heterocycles. The molecular weight excluding hydrogens is 258 g/mol. The first kappa shape index (κ1) is 14.5. The second kappa shape index (κ2) is 7.01. The van der Waals surface area contributed by atoms with Gasteiger partial charge in [0.1, 0.15) is 0 Å². The van der Waals surface area contributed by atoms with Crippen LogP contribution in [-0.4, -0.2) is 46.9 Å². The third-order valence-electron chi connectivity index (χ3n) is 3.52. The van der Waals surface area contributed by atoms with E-state index in [1.807, 2.05) is 11.8 Å². The van der Waals surface area contributed by atoms with Crippen LogP contribution in [0.3, 0.4) is 0 Å². The van der Waals surface area contributed by atoms with E-state index in [-0.39, 0.29) is 0 Å². The Morgan fingerprint density at radius 2 is 2.11 bits per heavy atom. The van der Waals surface area contributed by atoms with Crippen molar-refractivity contribution in [3.05, 3.63) is 16.1 Å². The highest BCUT2D eigenvalue weighted by Gasteiger charge is 2.20. The molecule has 1 aliphatic heterocycles. The van der Waals surface area contributed by atoms with Crippen molar-refractivity contribution in [2.45, 2.75) is 39.7 Å². The summed E-state index contributed by atoms with van der Waals surface area (Å²) in [4.78, 5) is 20.8. The molecule has 0 radical (unpaired) electrons. The number of unbranched alkanes of at least 4 members (excludes halogenated alkanes) is 1. The summed E-state index contributed by atoms with van der Waals surface area (Å²) in [6, 6.07) is 0. The van der Waals surface area contributed by atoms with Crippen LogP contribution in [0.4, 0.5) is 0 Å². The fraction of sp³-hybridized carbons (Fsp3) is 0.714. The highest BCUT2D eigenvalue weighted by Crippen LogP contribution is 2.13. The molecule has 1 amide bonds. The van der Waals surface area contributed by atoms with Crippen LogP contribution in [0.5, 0.6) is 0 Å². The van der Waals surface area contributed by atoms with Crippen molar-refractivity contribution in [1.82, 2.24) is 14.8 Å². The van der Waals surface area contributed by atoms with E-state index in [1.54, 1.807) is 11.3 Å². The van der Waals surface area contributed by atoms with Gasteiger partial charge in [-0.15, -0.1) is 11.3 Å². The van der Waals surface area contributed by atoms with E-state index in [1.165, 1.54) is 0 Å².